The first-order valence-corrected chi connectivity index (χ1v) is 4.99. The zero-order chi connectivity index (χ0) is 11.1. The molecule has 0 bridgehead atoms. The van der Waals surface area contributed by atoms with Crippen molar-refractivity contribution in [2.24, 2.45) is 0 Å². The van der Waals surface area contributed by atoms with Crippen molar-refractivity contribution in [2.75, 3.05) is 13.2 Å². The van der Waals surface area contributed by atoms with Crippen molar-refractivity contribution >= 4 is 11.8 Å². The summed E-state index contributed by atoms with van der Waals surface area (Å²) >= 11 is 0. The van der Waals surface area contributed by atoms with E-state index >= 15 is 0 Å². The van der Waals surface area contributed by atoms with Gasteiger partial charge in [-0.05, 0) is 12.1 Å². The lowest BCUT2D eigenvalue weighted by atomic mass is 10.1. The molecule has 3 rings (SSSR count). The van der Waals surface area contributed by atoms with Gasteiger partial charge in [0.2, 0.25) is 0 Å². The molecule has 0 aromatic heterocycles. The van der Waals surface area contributed by atoms with E-state index in [1.807, 2.05) is 0 Å². The van der Waals surface area contributed by atoms with Crippen LogP contribution in [0.1, 0.15) is 20.7 Å². The molecule has 1 fully saturated rings. The van der Waals surface area contributed by atoms with Crippen molar-refractivity contribution in [2.45, 2.75) is 6.10 Å². The summed E-state index contributed by atoms with van der Waals surface area (Å²) in [7, 11) is 0. The highest BCUT2D eigenvalue weighted by Crippen LogP contribution is 2.23. The van der Waals surface area contributed by atoms with Crippen molar-refractivity contribution < 1.29 is 19.2 Å². The lowest BCUT2D eigenvalue weighted by molar-refractivity contribution is -0.0950. The Morgan fingerprint density at radius 3 is 2.31 bits per heavy atom. The zero-order valence-electron chi connectivity index (χ0n) is 8.38. The second-order valence-electron chi connectivity index (χ2n) is 3.70. The first-order valence-electron chi connectivity index (χ1n) is 4.99. The van der Waals surface area contributed by atoms with Gasteiger partial charge in [0.15, 0.2) is 0 Å². The van der Waals surface area contributed by atoms with Gasteiger partial charge in [-0.1, -0.05) is 12.1 Å². The summed E-state index contributed by atoms with van der Waals surface area (Å²) in [6.45, 7) is 0.870. The summed E-state index contributed by atoms with van der Waals surface area (Å²) in [6, 6.07) is 6.67. The number of hydrogen-bond donors (Lipinski definition) is 0. The quantitative estimate of drug-likeness (QED) is 0.552. The van der Waals surface area contributed by atoms with E-state index < -0.39 is 11.8 Å². The number of carbonyl (C=O) groups is 2. The van der Waals surface area contributed by atoms with E-state index in [2.05, 4.69) is 0 Å². The number of hydrogen-bond acceptors (Lipinski definition) is 4. The van der Waals surface area contributed by atoms with Gasteiger partial charge in [0.1, 0.15) is 12.7 Å². The highest BCUT2D eigenvalue weighted by atomic mass is 16.7. The van der Waals surface area contributed by atoms with Gasteiger partial charge >= 0.3 is 0 Å². The Kier molecular flexibility index (Phi) is 2.02. The number of epoxide rings is 1. The molecule has 1 saturated heterocycles. The van der Waals surface area contributed by atoms with Crippen LogP contribution in [-0.4, -0.2) is 36.2 Å². The maximum Gasteiger partial charge on any atom is 0.285 e. The molecule has 16 heavy (non-hydrogen) atoms. The SMILES string of the molecule is O=C1c2ccccc2C(=O)N1OC[C@@H]1CO1. The van der Waals surface area contributed by atoms with Gasteiger partial charge in [0, 0.05) is 0 Å². The van der Waals surface area contributed by atoms with Crippen molar-refractivity contribution in [1.82, 2.24) is 5.06 Å². The molecule has 2 heterocycles. The summed E-state index contributed by atoms with van der Waals surface area (Å²) in [5, 5.41) is 0.812. The summed E-state index contributed by atoms with van der Waals surface area (Å²) in [6.07, 6.45) is 0.0179. The molecule has 1 aromatic carbocycles. The molecule has 0 aliphatic carbocycles. The Labute approximate surface area is 91.5 Å². The van der Waals surface area contributed by atoms with Crippen LogP contribution in [0.2, 0.25) is 0 Å². The molecule has 0 unspecified atom stereocenters. The molecule has 1 aromatic rings. The van der Waals surface area contributed by atoms with Crippen molar-refractivity contribution in [3.05, 3.63) is 35.4 Å². The lowest BCUT2D eigenvalue weighted by Gasteiger charge is -2.11. The maximum absolute atomic E-state index is 11.8. The number of benzene rings is 1. The van der Waals surface area contributed by atoms with Crippen molar-refractivity contribution in [3.8, 4) is 0 Å². The van der Waals surface area contributed by atoms with Gasteiger partial charge in [0.25, 0.3) is 11.8 Å². The second kappa shape index (κ2) is 3.40. The number of nitrogens with zero attached hydrogens (tertiary/aromatic N) is 1. The molecule has 5 heteroatoms. The van der Waals surface area contributed by atoms with Gasteiger partial charge < -0.3 is 4.74 Å². The average molecular weight is 219 g/mol. The third kappa shape index (κ3) is 1.41. The molecule has 0 N–H and O–H groups in total. The highest BCUT2D eigenvalue weighted by Gasteiger charge is 2.37. The number of carbonyl (C=O) groups excluding carboxylic acids is 2. The minimum Gasteiger partial charge on any atom is -0.371 e. The number of rotatable bonds is 3. The Morgan fingerprint density at radius 2 is 1.81 bits per heavy atom. The monoisotopic (exact) mass is 219 g/mol. The van der Waals surface area contributed by atoms with Gasteiger partial charge in [-0.3, -0.25) is 14.4 Å². The standard InChI is InChI=1S/C11H9NO4/c13-10-8-3-1-2-4-9(8)11(14)12(10)16-6-7-5-15-7/h1-4,7H,5-6H2/t7-/m0/s1. The van der Waals surface area contributed by atoms with Crippen LogP contribution < -0.4 is 0 Å². The van der Waals surface area contributed by atoms with Gasteiger partial charge in [-0.15, -0.1) is 5.06 Å². The highest BCUT2D eigenvalue weighted by molar-refractivity contribution is 6.20. The van der Waals surface area contributed by atoms with Crippen LogP contribution in [0.3, 0.4) is 0 Å². The Morgan fingerprint density at radius 1 is 1.25 bits per heavy atom. The molecule has 1 atom stereocenters. The van der Waals surface area contributed by atoms with Crippen LogP contribution in [-0.2, 0) is 9.57 Å². The normalized spacial score (nSPS) is 22.5. The van der Waals surface area contributed by atoms with E-state index in [0.29, 0.717) is 17.7 Å². The van der Waals surface area contributed by atoms with E-state index in [9.17, 15) is 9.59 Å². The van der Waals surface area contributed by atoms with Crippen LogP contribution in [0.5, 0.6) is 0 Å². The summed E-state index contributed by atoms with van der Waals surface area (Å²) in [5.41, 5.74) is 0.786. The summed E-state index contributed by atoms with van der Waals surface area (Å²) in [4.78, 5) is 28.7. The average Bonchev–Trinajstić information content (AvgIpc) is 3.09. The smallest absolute Gasteiger partial charge is 0.285 e. The number of hydroxylamine groups is 2. The number of ether oxygens (including phenoxy) is 1. The van der Waals surface area contributed by atoms with E-state index in [-0.39, 0.29) is 12.7 Å². The molecule has 2 aliphatic heterocycles. The third-order valence-electron chi connectivity index (χ3n) is 2.55. The predicted molar refractivity (Wildman–Crippen MR) is 52.6 cm³/mol. The maximum atomic E-state index is 11.8. The fourth-order valence-corrected chi connectivity index (χ4v) is 1.61. The number of amides is 2. The Bertz CT molecular complexity index is 432. The van der Waals surface area contributed by atoms with E-state index in [1.54, 1.807) is 24.3 Å². The van der Waals surface area contributed by atoms with E-state index in [1.165, 1.54) is 0 Å². The first-order chi connectivity index (χ1) is 7.77. The molecule has 0 saturated carbocycles. The summed E-state index contributed by atoms with van der Waals surface area (Å²) < 4.78 is 4.94. The fourth-order valence-electron chi connectivity index (χ4n) is 1.61. The summed E-state index contributed by atoms with van der Waals surface area (Å²) in [5.74, 6) is -0.803. The van der Waals surface area contributed by atoms with Crippen LogP contribution >= 0.6 is 0 Å². The first kappa shape index (κ1) is 9.50. The van der Waals surface area contributed by atoms with Crippen LogP contribution in [0.4, 0.5) is 0 Å². The van der Waals surface area contributed by atoms with E-state index in [4.69, 9.17) is 9.57 Å². The number of fused-ring (bicyclic) bond motifs is 1. The molecule has 2 amide bonds. The van der Waals surface area contributed by atoms with Crippen LogP contribution in [0, 0.1) is 0 Å². The Hall–Kier alpha value is -1.72. The minimum absolute atomic E-state index is 0.0179. The number of imide groups is 1. The fraction of sp³-hybridized carbons (Fsp3) is 0.273. The molecule has 82 valence electrons. The Balaban J connectivity index is 1.82. The lowest BCUT2D eigenvalue weighted by Crippen LogP contribution is -2.31. The van der Waals surface area contributed by atoms with Crippen LogP contribution in [0.15, 0.2) is 24.3 Å². The van der Waals surface area contributed by atoms with Crippen LogP contribution in [0.25, 0.3) is 0 Å². The van der Waals surface area contributed by atoms with Gasteiger partial charge in [-0.2, -0.15) is 0 Å². The molecule has 2 aliphatic rings. The van der Waals surface area contributed by atoms with E-state index in [0.717, 1.165) is 5.06 Å². The molecule has 5 nitrogen and oxygen atoms in total. The topological polar surface area (TPSA) is 59.1 Å². The largest absolute Gasteiger partial charge is 0.371 e. The zero-order valence-corrected chi connectivity index (χ0v) is 8.38. The predicted octanol–water partition coefficient (Wildman–Crippen LogP) is 0.613. The minimum atomic E-state index is -0.402. The van der Waals surface area contributed by atoms with Gasteiger partial charge in [-0.25, -0.2) is 0 Å². The second-order valence-corrected chi connectivity index (χ2v) is 3.70. The molecule has 0 spiro atoms. The molecule has 0 radical (unpaired) electrons. The third-order valence-corrected chi connectivity index (χ3v) is 2.55. The van der Waals surface area contributed by atoms with Crippen molar-refractivity contribution in [3.63, 3.8) is 0 Å². The van der Waals surface area contributed by atoms with Crippen molar-refractivity contribution in [1.29, 1.82) is 0 Å². The molecular weight excluding hydrogens is 210 g/mol. The molecular formula is C11H9NO4. The van der Waals surface area contributed by atoms with Gasteiger partial charge in [0.05, 0.1) is 17.7 Å².